The van der Waals surface area contributed by atoms with E-state index in [0.29, 0.717) is 4.83 Å². The van der Waals surface area contributed by atoms with Gasteiger partial charge in [-0.05, 0) is 12.8 Å². The average molecular weight is 321 g/mol. The van der Waals surface area contributed by atoms with Crippen LogP contribution in [-0.2, 0) is 0 Å². The maximum absolute atomic E-state index is 3.63. The van der Waals surface area contributed by atoms with Crippen molar-refractivity contribution >= 4 is 47.8 Å². The Morgan fingerprint density at radius 3 is 2.22 bits per heavy atom. The molecule has 0 aromatic heterocycles. The summed E-state index contributed by atoms with van der Waals surface area (Å²) in [5, 5.41) is 0. The van der Waals surface area contributed by atoms with Crippen LogP contribution in [0.3, 0.4) is 0 Å². The lowest BCUT2D eigenvalue weighted by molar-refractivity contribution is 0.520. The highest BCUT2D eigenvalue weighted by Gasteiger charge is 2.33. The predicted octanol–water partition coefficient (Wildman–Crippen LogP) is 3.81. The number of halogens is 3. The fourth-order valence-corrected chi connectivity index (χ4v) is 2.62. The third-order valence-corrected chi connectivity index (χ3v) is 6.04. The fourth-order valence-electron chi connectivity index (χ4n) is 1.05. The molecule has 0 heterocycles. The molecule has 0 aromatic carbocycles. The monoisotopic (exact) mass is 318 g/mol. The Morgan fingerprint density at radius 2 is 1.89 bits per heavy atom. The van der Waals surface area contributed by atoms with E-state index in [1.54, 1.807) is 0 Å². The zero-order chi connectivity index (χ0) is 6.91. The number of alkyl halides is 3. The summed E-state index contributed by atoms with van der Waals surface area (Å²) in [6.07, 6.45) is 5.19. The van der Waals surface area contributed by atoms with E-state index in [0.717, 1.165) is 0 Å². The van der Waals surface area contributed by atoms with Gasteiger partial charge in [0.2, 0.25) is 0 Å². The first-order valence-electron chi connectivity index (χ1n) is 3.15. The number of rotatable bonds is 0. The van der Waals surface area contributed by atoms with Gasteiger partial charge in [0.1, 0.15) is 0 Å². The SMILES string of the molecule is BrC1CCCCC1(Br)Br. The van der Waals surface area contributed by atoms with Gasteiger partial charge in [-0.3, -0.25) is 0 Å². The fraction of sp³-hybridized carbons (Fsp3) is 1.00. The molecule has 1 fully saturated rings. The molecular weight excluding hydrogens is 312 g/mol. The van der Waals surface area contributed by atoms with Crippen LogP contribution >= 0.6 is 47.8 Å². The third-order valence-electron chi connectivity index (χ3n) is 1.68. The van der Waals surface area contributed by atoms with Crippen LogP contribution in [0, 0.1) is 0 Å². The Morgan fingerprint density at radius 1 is 1.22 bits per heavy atom. The van der Waals surface area contributed by atoms with Crippen LogP contribution in [-0.4, -0.2) is 8.06 Å². The van der Waals surface area contributed by atoms with Gasteiger partial charge >= 0.3 is 0 Å². The van der Waals surface area contributed by atoms with Crippen LogP contribution < -0.4 is 0 Å². The number of hydrogen-bond acceptors (Lipinski definition) is 0. The minimum absolute atomic E-state index is 0.179. The molecule has 0 spiro atoms. The maximum Gasteiger partial charge on any atom is 0.0929 e. The molecule has 1 atom stereocenters. The molecule has 3 heteroatoms. The summed E-state index contributed by atoms with van der Waals surface area (Å²) in [5.41, 5.74) is 0. The normalized spacial score (nSPS) is 34.3. The molecule has 0 aliphatic heterocycles. The molecule has 1 aliphatic rings. The number of hydrogen-bond donors (Lipinski definition) is 0. The first-order chi connectivity index (χ1) is 4.13. The highest BCUT2D eigenvalue weighted by atomic mass is 79.9. The van der Waals surface area contributed by atoms with E-state index < -0.39 is 0 Å². The lowest BCUT2D eigenvalue weighted by Gasteiger charge is -2.30. The van der Waals surface area contributed by atoms with Gasteiger partial charge in [0, 0.05) is 4.83 Å². The van der Waals surface area contributed by atoms with E-state index in [-0.39, 0.29) is 3.23 Å². The van der Waals surface area contributed by atoms with Crippen molar-refractivity contribution in [3.05, 3.63) is 0 Å². The van der Waals surface area contributed by atoms with Crippen molar-refractivity contribution in [1.29, 1.82) is 0 Å². The van der Waals surface area contributed by atoms with Gasteiger partial charge in [-0.2, -0.15) is 0 Å². The summed E-state index contributed by atoms with van der Waals surface area (Å²) < 4.78 is 0.179. The van der Waals surface area contributed by atoms with Gasteiger partial charge in [-0.25, -0.2) is 0 Å². The van der Waals surface area contributed by atoms with Crippen molar-refractivity contribution in [3.8, 4) is 0 Å². The molecule has 54 valence electrons. The minimum Gasteiger partial charge on any atom is -0.0866 e. The summed E-state index contributed by atoms with van der Waals surface area (Å²) in [6.45, 7) is 0. The Kier molecular flexibility index (Phi) is 3.06. The second-order valence-electron chi connectivity index (χ2n) is 2.47. The average Bonchev–Trinajstić information content (AvgIpc) is 1.77. The maximum atomic E-state index is 3.63. The smallest absolute Gasteiger partial charge is 0.0866 e. The standard InChI is InChI=1S/C6H9Br3/c7-5-3-1-2-4-6(5,8)9/h5H,1-4H2. The van der Waals surface area contributed by atoms with Gasteiger partial charge in [-0.1, -0.05) is 60.6 Å². The summed E-state index contributed by atoms with van der Waals surface area (Å²) in [4.78, 5) is 0.596. The van der Waals surface area contributed by atoms with Crippen molar-refractivity contribution in [2.75, 3.05) is 0 Å². The van der Waals surface area contributed by atoms with E-state index in [9.17, 15) is 0 Å². The molecule has 9 heavy (non-hydrogen) atoms. The highest BCUT2D eigenvalue weighted by Crippen LogP contribution is 2.44. The van der Waals surface area contributed by atoms with E-state index in [1.165, 1.54) is 25.7 Å². The highest BCUT2D eigenvalue weighted by molar-refractivity contribution is 9.26. The predicted molar refractivity (Wildman–Crippen MR) is 51.8 cm³/mol. The molecule has 0 nitrogen and oxygen atoms in total. The van der Waals surface area contributed by atoms with Crippen molar-refractivity contribution < 1.29 is 0 Å². The first-order valence-corrected chi connectivity index (χ1v) is 5.65. The van der Waals surface area contributed by atoms with Crippen LogP contribution in [0.25, 0.3) is 0 Å². The molecule has 0 N–H and O–H groups in total. The lowest BCUT2D eigenvalue weighted by Crippen LogP contribution is -2.28. The summed E-state index contributed by atoms with van der Waals surface area (Å²) in [5.74, 6) is 0. The van der Waals surface area contributed by atoms with E-state index >= 15 is 0 Å². The summed E-state index contributed by atoms with van der Waals surface area (Å²) in [6, 6.07) is 0. The molecule has 0 bridgehead atoms. The van der Waals surface area contributed by atoms with Crippen molar-refractivity contribution in [3.63, 3.8) is 0 Å². The van der Waals surface area contributed by atoms with E-state index in [4.69, 9.17) is 0 Å². The van der Waals surface area contributed by atoms with Crippen molar-refractivity contribution in [2.24, 2.45) is 0 Å². The van der Waals surface area contributed by atoms with Crippen LogP contribution in [0.4, 0.5) is 0 Å². The van der Waals surface area contributed by atoms with Gasteiger partial charge < -0.3 is 0 Å². The van der Waals surface area contributed by atoms with Crippen molar-refractivity contribution in [2.45, 2.75) is 33.7 Å². The van der Waals surface area contributed by atoms with Gasteiger partial charge in [0.25, 0.3) is 0 Å². The molecular formula is C6H9Br3. The van der Waals surface area contributed by atoms with E-state index in [1.807, 2.05) is 0 Å². The van der Waals surface area contributed by atoms with Crippen LogP contribution in [0.5, 0.6) is 0 Å². The largest absolute Gasteiger partial charge is 0.0929 e. The quantitative estimate of drug-likeness (QED) is 0.595. The van der Waals surface area contributed by atoms with Gasteiger partial charge in [-0.15, -0.1) is 0 Å². The Bertz CT molecular complexity index is 100. The molecule has 1 aliphatic carbocycles. The zero-order valence-corrected chi connectivity index (χ0v) is 9.80. The molecule has 0 saturated heterocycles. The minimum atomic E-state index is 0.179. The molecule has 0 radical (unpaired) electrons. The van der Waals surface area contributed by atoms with Gasteiger partial charge in [0.05, 0.1) is 3.23 Å². The second kappa shape index (κ2) is 3.22. The zero-order valence-electron chi connectivity index (χ0n) is 5.04. The van der Waals surface area contributed by atoms with E-state index in [2.05, 4.69) is 47.8 Å². The van der Waals surface area contributed by atoms with Crippen molar-refractivity contribution in [1.82, 2.24) is 0 Å². The lowest BCUT2D eigenvalue weighted by atomic mass is 10.0. The second-order valence-corrected chi connectivity index (χ2v) is 7.47. The molecule has 0 aromatic rings. The van der Waals surface area contributed by atoms with Crippen LogP contribution in [0.15, 0.2) is 0 Å². The molecule has 1 unspecified atom stereocenters. The van der Waals surface area contributed by atoms with Gasteiger partial charge in [0.15, 0.2) is 0 Å². The molecule has 0 amide bonds. The first kappa shape index (κ1) is 8.54. The summed E-state index contributed by atoms with van der Waals surface area (Å²) >= 11 is 10.9. The Balaban J connectivity index is 2.49. The topological polar surface area (TPSA) is 0 Å². The molecule has 1 rings (SSSR count). The van der Waals surface area contributed by atoms with Crippen LogP contribution in [0.1, 0.15) is 25.7 Å². The third kappa shape index (κ3) is 2.19. The molecule has 1 saturated carbocycles. The Labute approximate surface area is 81.2 Å². The summed E-state index contributed by atoms with van der Waals surface area (Å²) in [7, 11) is 0. The Hall–Kier alpha value is 1.44. The van der Waals surface area contributed by atoms with Crippen LogP contribution in [0.2, 0.25) is 0 Å².